The van der Waals surface area contributed by atoms with E-state index in [9.17, 15) is 15.0 Å². The highest BCUT2D eigenvalue weighted by atomic mass is 35.5. The second-order valence-corrected chi connectivity index (χ2v) is 7.64. The summed E-state index contributed by atoms with van der Waals surface area (Å²) in [7, 11) is 0. The number of ether oxygens (including phenoxy) is 1. The Morgan fingerprint density at radius 2 is 1.89 bits per heavy atom. The number of benzene rings is 2. The maximum atomic E-state index is 12.7. The molecular formula is C21H26ClNO5. The van der Waals surface area contributed by atoms with E-state index >= 15 is 0 Å². The van der Waals surface area contributed by atoms with Gasteiger partial charge in [0.2, 0.25) is 5.43 Å². The maximum absolute atomic E-state index is 12.7. The molecule has 28 heavy (non-hydrogen) atoms. The SMILES string of the molecule is Cc1ccc2oc3cc(OCC(O)C[NH2+]C(C)(C)CO)ccc3c(=O)c2c1.[Cl-]. The van der Waals surface area contributed by atoms with Gasteiger partial charge in [0.1, 0.15) is 41.7 Å². The molecule has 0 fully saturated rings. The predicted octanol–water partition coefficient (Wildman–Crippen LogP) is -1.67. The van der Waals surface area contributed by atoms with Gasteiger partial charge < -0.3 is 37.1 Å². The van der Waals surface area contributed by atoms with Crippen LogP contribution >= 0.6 is 0 Å². The first-order chi connectivity index (χ1) is 12.8. The molecule has 0 saturated carbocycles. The highest BCUT2D eigenvalue weighted by Gasteiger charge is 2.21. The van der Waals surface area contributed by atoms with Gasteiger partial charge in [0.25, 0.3) is 0 Å². The molecular weight excluding hydrogens is 382 g/mol. The van der Waals surface area contributed by atoms with E-state index in [1.807, 2.05) is 38.2 Å². The number of rotatable bonds is 7. The Kier molecular flexibility index (Phi) is 7.06. The van der Waals surface area contributed by atoms with Crippen molar-refractivity contribution in [1.29, 1.82) is 0 Å². The summed E-state index contributed by atoms with van der Waals surface area (Å²) in [5, 5.41) is 22.3. The van der Waals surface area contributed by atoms with Gasteiger partial charge in [0, 0.05) is 6.07 Å². The van der Waals surface area contributed by atoms with Gasteiger partial charge in [-0.3, -0.25) is 4.79 Å². The minimum absolute atomic E-state index is 0. The van der Waals surface area contributed by atoms with Gasteiger partial charge in [0.05, 0.1) is 17.4 Å². The van der Waals surface area contributed by atoms with Crippen LogP contribution in [-0.4, -0.2) is 41.6 Å². The summed E-state index contributed by atoms with van der Waals surface area (Å²) >= 11 is 0. The lowest BCUT2D eigenvalue weighted by molar-refractivity contribution is -0.727. The zero-order valence-electron chi connectivity index (χ0n) is 16.2. The minimum Gasteiger partial charge on any atom is -1.00 e. The van der Waals surface area contributed by atoms with Crippen molar-refractivity contribution < 1.29 is 37.1 Å². The highest BCUT2D eigenvalue weighted by Crippen LogP contribution is 2.23. The summed E-state index contributed by atoms with van der Waals surface area (Å²) in [5.74, 6) is 0.526. The van der Waals surface area contributed by atoms with Crippen LogP contribution in [0.15, 0.2) is 45.6 Å². The predicted molar refractivity (Wildman–Crippen MR) is 104 cm³/mol. The fourth-order valence-corrected chi connectivity index (χ4v) is 2.82. The van der Waals surface area contributed by atoms with Crippen molar-refractivity contribution in [2.24, 2.45) is 0 Å². The second-order valence-electron chi connectivity index (χ2n) is 7.64. The van der Waals surface area contributed by atoms with Crippen LogP contribution in [0.3, 0.4) is 0 Å². The number of aliphatic hydroxyl groups excluding tert-OH is 2. The zero-order chi connectivity index (χ0) is 19.6. The van der Waals surface area contributed by atoms with Gasteiger partial charge >= 0.3 is 0 Å². The minimum atomic E-state index is -0.682. The van der Waals surface area contributed by atoms with Gasteiger partial charge in [-0.05, 0) is 45.0 Å². The average Bonchev–Trinajstić information content (AvgIpc) is 2.65. The van der Waals surface area contributed by atoms with E-state index < -0.39 is 6.10 Å². The summed E-state index contributed by atoms with van der Waals surface area (Å²) in [6.07, 6.45) is -0.682. The van der Waals surface area contributed by atoms with Gasteiger partial charge in [-0.15, -0.1) is 0 Å². The number of nitrogens with two attached hydrogens (primary N) is 1. The molecule has 0 bridgehead atoms. The number of fused-ring (bicyclic) bond motifs is 2. The largest absolute Gasteiger partial charge is 1.00 e. The first kappa shape index (κ1) is 22.2. The molecule has 0 aliphatic heterocycles. The van der Waals surface area contributed by atoms with Crippen LogP contribution in [0.1, 0.15) is 19.4 Å². The van der Waals surface area contributed by atoms with Crippen molar-refractivity contribution in [3.8, 4) is 5.75 Å². The third kappa shape index (κ3) is 5.02. The molecule has 152 valence electrons. The Hall–Kier alpha value is -2.12. The molecule has 2 aromatic carbocycles. The van der Waals surface area contributed by atoms with Crippen LogP contribution < -0.4 is 27.9 Å². The maximum Gasteiger partial charge on any atom is 0.200 e. The van der Waals surface area contributed by atoms with Crippen molar-refractivity contribution in [2.45, 2.75) is 32.4 Å². The van der Waals surface area contributed by atoms with Crippen molar-refractivity contribution in [3.63, 3.8) is 0 Å². The first-order valence-electron chi connectivity index (χ1n) is 9.02. The van der Waals surface area contributed by atoms with Crippen molar-refractivity contribution in [3.05, 3.63) is 52.2 Å². The highest BCUT2D eigenvalue weighted by molar-refractivity contribution is 5.90. The lowest BCUT2D eigenvalue weighted by Gasteiger charge is -2.21. The number of aliphatic hydroxyl groups is 2. The zero-order valence-corrected chi connectivity index (χ0v) is 17.0. The molecule has 0 aliphatic rings. The molecule has 1 heterocycles. The molecule has 0 spiro atoms. The van der Waals surface area contributed by atoms with Crippen molar-refractivity contribution >= 4 is 21.9 Å². The molecule has 0 radical (unpaired) electrons. The van der Waals surface area contributed by atoms with Crippen LogP contribution in [0.2, 0.25) is 0 Å². The van der Waals surface area contributed by atoms with Gasteiger partial charge in [-0.25, -0.2) is 0 Å². The van der Waals surface area contributed by atoms with E-state index in [1.165, 1.54) is 0 Å². The van der Waals surface area contributed by atoms with Crippen LogP contribution in [0.25, 0.3) is 21.9 Å². The number of hydrogen-bond donors (Lipinski definition) is 3. The third-order valence-electron chi connectivity index (χ3n) is 4.59. The molecule has 3 aromatic rings. The first-order valence-corrected chi connectivity index (χ1v) is 9.02. The van der Waals surface area contributed by atoms with Crippen LogP contribution in [0.5, 0.6) is 5.75 Å². The van der Waals surface area contributed by atoms with Crippen LogP contribution in [0.4, 0.5) is 0 Å². The number of hydrogen-bond acceptors (Lipinski definition) is 5. The average molecular weight is 408 g/mol. The van der Waals surface area contributed by atoms with Gasteiger partial charge in [-0.2, -0.15) is 0 Å². The molecule has 7 heteroatoms. The summed E-state index contributed by atoms with van der Waals surface area (Å²) < 4.78 is 11.5. The number of halogens is 1. The second kappa shape index (κ2) is 8.92. The van der Waals surface area contributed by atoms with E-state index in [1.54, 1.807) is 24.3 Å². The number of quaternary nitrogens is 1. The van der Waals surface area contributed by atoms with Gasteiger partial charge in [0.15, 0.2) is 0 Å². The monoisotopic (exact) mass is 407 g/mol. The number of aryl methyl sites for hydroxylation is 1. The molecule has 0 amide bonds. The van der Waals surface area contributed by atoms with Crippen LogP contribution in [-0.2, 0) is 0 Å². The lowest BCUT2D eigenvalue weighted by Crippen LogP contribution is -3.00. The summed E-state index contributed by atoms with van der Waals surface area (Å²) in [6, 6.07) is 10.6. The van der Waals surface area contributed by atoms with E-state index in [4.69, 9.17) is 9.15 Å². The van der Waals surface area contributed by atoms with E-state index in [0.29, 0.717) is 34.2 Å². The van der Waals surface area contributed by atoms with Crippen molar-refractivity contribution in [1.82, 2.24) is 0 Å². The van der Waals surface area contributed by atoms with Crippen LogP contribution in [0, 0.1) is 6.92 Å². The summed E-state index contributed by atoms with van der Waals surface area (Å²) in [4.78, 5) is 12.7. The molecule has 0 saturated heterocycles. The molecule has 3 rings (SSSR count). The van der Waals surface area contributed by atoms with E-state index in [0.717, 1.165) is 5.56 Å². The molecule has 0 aliphatic carbocycles. The van der Waals surface area contributed by atoms with E-state index in [2.05, 4.69) is 0 Å². The fourth-order valence-electron chi connectivity index (χ4n) is 2.82. The quantitative estimate of drug-likeness (QED) is 0.407. The Labute approximate surface area is 169 Å². The standard InChI is InChI=1S/C21H25NO5.ClH/c1-13-4-7-18-17(8-13)20(25)16-6-5-15(9-19(16)27-18)26-11-14(24)10-22-21(2,3)12-23;/h4-9,14,22-24H,10-12H2,1-3H3;1H. The van der Waals surface area contributed by atoms with Crippen molar-refractivity contribution in [2.75, 3.05) is 19.8 Å². The van der Waals surface area contributed by atoms with E-state index in [-0.39, 0.29) is 36.6 Å². The molecule has 4 N–H and O–H groups in total. The molecule has 6 nitrogen and oxygen atoms in total. The molecule has 1 aromatic heterocycles. The molecule has 1 atom stereocenters. The van der Waals surface area contributed by atoms with Gasteiger partial charge in [-0.1, -0.05) is 11.6 Å². The lowest BCUT2D eigenvalue weighted by atomic mass is 10.1. The Balaban J connectivity index is 0.00000280. The Morgan fingerprint density at radius 1 is 1.14 bits per heavy atom. The Bertz CT molecular complexity index is 1010. The summed E-state index contributed by atoms with van der Waals surface area (Å²) in [6.45, 7) is 6.29. The third-order valence-corrected chi connectivity index (χ3v) is 4.59. The smallest absolute Gasteiger partial charge is 0.200 e. The fraction of sp³-hybridized carbons (Fsp3) is 0.381. The summed E-state index contributed by atoms with van der Waals surface area (Å²) in [5.41, 5.74) is 1.59. The topological polar surface area (TPSA) is 96.5 Å². The normalized spacial score (nSPS) is 12.8. The molecule has 1 unspecified atom stereocenters. The Morgan fingerprint density at radius 3 is 2.61 bits per heavy atom.